The zero-order valence-electron chi connectivity index (χ0n) is 11.5. The quantitative estimate of drug-likeness (QED) is 0.643. The Morgan fingerprint density at radius 1 is 1.09 bits per heavy atom. The number of fused-ring (bicyclic) bond motifs is 1. The number of carbonyl (C=O) groups is 1. The Labute approximate surface area is 124 Å². The first-order chi connectivity index (χ1) is 10.5. The van der Waals surface area contributed by atoms with Crippen LogP contribution in [0.3, 0.4) is 0 Å². The van der Waals surface area contributed by atoms with Gasteiger partial charge in [-0.05, 0) is 24.3 Å². The molecular formula is C16H12O6. The zero-order valence-corrected chi connectivity index (χ0v) is 11.5. The second-order valence-corrected chi connectivity index (χ2v) is 4.67. The van der Waals surface area contributed by atoms with E-state index in [-0.39, 0.29) is 34.2 Å². The molecule has 6 nitrogen and oxygen atoms in total. The van der Waals surface area contributed by atoms with E-state index in [1.54, 1.807) is 0 Å². The molecule has 2 aromatic carbocycles. The number of hydrogen-bond acceptors (Lipinski definition) is 6. The Balaban J connectivity index is 2.11. The average molecular weight is 300 g/mol. The molecule has 3 aromatic rings. The highest BCUT2D eigenvalue weighted by molar-refractivity contribution is 6.13. The molecule has 0 unspecified atom stereocenters. The van der Waals surface area contributed by atoms with E-state index in [1.165, 1.54) is 43.5 Å². The lowest BCUT2D eigenvalue weighted by molar-refractivity contribution is 0.100. The van der Waals surface area contributed by atoms with Gasteiger partial charge in [-0.2, -0.15) is 0 Å². The molecule has 0 saturated carbocycles. The summed E-state index contributed by atoms with van der Waals surface area (Å²) in [6.07, 6.45) is 0. The van der Waals surface area contributed by atoms with Crippen LogP contribution in [0.1, 0.15) is 16.1 Å². The molecule has 0 bridgehead atoms. The van der Waals surface area contributed by atoms with Gasteiger partial charge in [0.2, 0.25) is 11.5 Å². The number of ether oxygens (including phenoxy) is 1. The summed E-state index contributed by atoms with van der Waals surface area (Å²) < 4.78 is 10.3. The van der Waals surface area contributed by atoms with Crippen molar-refractivity contribution in [2.75, 3.05) is 7.11 Å². The molecule has 0 amide bonds. The minimum Gasteiger partial charge on any atom is -0.508 e. The van der Waals surface area contributed by atoms with Gasteiger partial charge in [-0.1, -0.05) is 0 Å². The standard InChI is InChI=1S/C16H12O6/c1-21-9-3-5-10(12(18)7-9)14(19)16-15(20)11-4-2-8(17)6-13(11)22-16/h2-7,17-18,20H,1H3. The highest BCUT2D eigenvalue weighted by Gasteiger charge is 2.24. The maximum atomic E-state index is 12.4. The lowest BCUT2D eigenvalue weighted by Gasteiger charge is -2.04. The maximum absolute atomic E-state index is 12.4. The zero-order chi connectivity index (χ0) is 15.9. The molecule has 3 N–H and O–H groups in total. The van der Waals surface area contributed by atoms with Gasteiger partial charge in [0.15, 0.2) is 5.75 Å². The highest BCUT2D eigenvalue weighted by atomic mass is 16.5. The van der Waals surface area contributed by atoms with E-state index in [1.807, 2.05) is 0 Å². The largest absolute Gasteiger partial charge is 0.508 e. The highest BCUT2D eigenvalue weighted by Crippen LogP contribution is 2.36. The summed E-state index contributed by atoms with van der Waals surface area (Å²) in [6, 6.07) is 8.28. The molecule has 22 heavy (non-hydrogen) atoms. The van der Waals surface area contributed by atoms with Crippen molar-refractivity contribution in [3.63, 3.8) is 0 Å². The van der Waals surface area contributed by atoms with Gasteiger partial charge < -0.3 is 24.5 Å². The van der Waals surface area contributed by atoms with Gasteiger partial charge >= 0.3 is 0 Å². The van der Waals surface area contributed by atoms with E-state index in [4.69, 9.17) is 9.15 Å². The first-order valence-electron chi connectivity index (χ1n) is 6.37. The fourth-order valence-electron chi connectivity index (χ4n) is 2.18. The van der Waals surface area contributed by atoms with Gasteiger partial charge in [0, 0.05) is 12.1 Å². The molecule has 0 atom stereocenters. The van der Waals surface area contributed by atoms with E-state index in [0.717, 1.165) is 0 Å². The summed E-state index contributed by atoms with van der Waals surface area (Å²) in [5.74, 6) is -1.25. The molecule has 0 aliphatic carbocycles. The third-order valence-electron chi connectivity index (χ3n) is 3.30. The summed E-state index contributed by atoms with van der Waals surface area (Å²) in [5.41, 5.74) is 0.147. The molecule has 0 spiro atoms. The Kier molecular flexibility index (Phi) is 3.14. The number of hydrogen-bond donors (Lipinski definition) is 3. The average Bonchev–Trinajstić information content (AvgIpc) is 2.82. The molecule has 1 heterocycles. The van der Waals surface area contributed by atoms with E-state index in [0.29, 0.717) is 11.1 Å². The van der Waals surface area contributed by atoms with Crippen LogP contribution in [0.2, 0.25) is 0 Å². The lowest BCUT2D eigenvalue weighted by atomic mass is 10.1. The van der Waals surface area contributed by atoms with Crippen LogP contribution >= 0.6 is 0 Å². The van der Waals surface area contributed by atoms with Crippen LogP contribution in [0.15, 0.2) is 40.8 Å². The van der Waals surface area contributed by atoms with Crippen LogP contribution in [-0.2, 0) is 0 Å². The first kappa shape index (κ1) is 13.8. The topological polar surface area (TPSA) is 100 Å². The van der Waals surface area contributed by atoms with Crippen LogP contribution in [0.5, 0.6) is 23.0 Å². The van der Waals surface area contributed by atoms with E-state index < -0.39 is 5.78 Å². The molecule has 6 heteroatoms. The van der Waals surface area contributed by atoms with Crippen LogP contribution < -0.4 is 4.74 Å². The summed E-state index contributed by atoms with van der Waals surface area (Å²) >= 11 is 0. The van der Waals surface area contributed by atoms with E-state index >= 15 is 0 Å². The maximum Gasteiger partial charge on any atom is 0.235 e. The van der Waals surface area contributed by atoms with Crippen molar-refractivity contribution in [2.45, 2.75) is 0 Å². The molecule has 0 fully saturated rings. The number of ketones is 1. The Hall–Kier alpha value is -3.15. The Morgan fingerprint density at radius 2 is 1.86 bits per heavy atom. The minimum absolute atomic E-state index is 0.0284. The number of carbonyl (C=O) groups excluding carboxylic acids is 1. The molecule has 0 aliphatic rings. The summed E-state index contributed by atoms with van der Waals surface area (Å²) in [6.45, 7) is 0. The number of phenolic OH excluding ortho intramolecular Hbond substituents is 2. The van der Waals surface area contributed by atoms with Crippen LogP contribution in [-0.4, -0.2) is 28.2 Å². The summed E-state index contributed by atoms with van der Waals surface area (Å²) in [5, 5.41) is 29.7. The number of methoxy groups -OCH3 is 1. The van der Waals surface area contributed by atoms with Gasteiger partial charge in [0.05, 0.1) is 18.1 Å². The number of aromatic hydroxyl groups is 3. The predicted octanol–water partition coefficient (Wildman–Crippen LogP) is 2.79. The molecule has 0 radical (unpaired) electrons. The normalized spacial score (nSPS) is 10.8. The third kappa shape index (κ3) is 2.10. The summed E-state index contributed by atoms with van der Waals surface area (Å²) in [4.78, 5) is 12.4. The number of benzene rings is 2. The van der Waals surface area contributed by atoms with Crippen LogP contribution in [0, 0.1) is 0 Å². The van der Waals surface area contributed by atoms with Gasteiger partial charge in [-0.15, -0.1) is 0 Å². The van der Waals surface area contributed by atoms with Crippen molar-refractivity contribution in [3.05, 3.63) is 47.7 Å². The molecule has 0 saturated heterocycles. The van der Waals surface area contributed by atoms with E-state index in [9.17, 15) is 20.1 Å². The van der Waals surface area contributed by atoms with Gasteiger partial charge in [-0.25, -0.2) is 0 Å². The lowest BCUT2D eigenvalue weighted by Crippen LogP contribution is -2.00. The second-order valence-electron chi connectivity index (χ2n) is 4.67. The SMILES string of the molecule is COc1ccc(C(=O)c2oc3cc(O)ccc3c2O)c(O)c1. The van der Waals surface area contributed by atoms with Gasteiger partial charge in [0.1, 0.15) is 22.8 Å². The van der Waals surface area contributed by atoms with Gasteiger partial charge in [-0.3, -0.25) is 4.79 Å². The number of phenols is 2. The predicted molar refractivity (Wildman–Crippen MR) is 77.6 cm³/mol. The second kappa shape index (κ2) is 5.00. The van der Waals surface area contributed by atoms with Crippen molar-refractivity contribution < 1.29 is 29.3 Å². The Bertz CT molecular complexity index is 878. The Morgan fingerprint density at radius 3 is 2.55 bits per heavy atom. The minimum atomic E-state index is -0.673. The van der Waals surface area contributed by atoms with Crippen molar-refractivity contribution in [2.24, 2.45) is 0 Å². The van der Waals surface area contributed by atoms with E-state index in [2.05, 4.69) is 0 Å². The van der Waals surface area contributed by atoms with Crippen molar-refractivity contribution in [1.82, 2.24) is 0 Å². The molecular weight excluding hydrogens is 288 g/mol. The number of rotatable bonds is 3. The number of furan rings is 1. The first-order valence-corrected chi connectivity index (χ1v) is 6.37. The van der Waals surface area contributed by atoms with Gasteiger partial charge in [0.25, 0.3) is 0 Å². The smallest absolute Gasteiger partial charge is 0.235 e. The van der Waals surface area contributed by atoms with Crippen molar-refractivity contribution >= 4 is 16.8 Å². The molecule has 1 aromatic heterocycles. The third-order valence-corrected chi connectivity index (χ3v) is 3.30. The van der Waals surface area contributed by atoms with Crippen molar-refractivity contribution in [3.8, 4) is 23.0 Å². The fraction of sp³-hybridized carbons (Fsp3) is 0.0625. The van der Waals surface area contributed by atoms with Crippen molar-refractivity contribution in [1.29, 1.82) is 0 Å². The monoisotopic (exact) mass is 300 g/mol. The molecule has 3 rings (SSSR count). The van der Waals surface area contributed by atoms with Crippen LogP contribution in [0.4, 0.5) is 0 Å². The summed E-state index contributed by atoms with van der Waals surface area (Å²) in [7, 11) is 1.44. The molecule has 112 valence electrons. The fourth-order valence-corrected chi connectivity index (χ4v) is 2.18. The molecule has 0 aliphatic heterocycles. The van der Waals surface area contributed by atoms with Crippen LogP contribution in [0.25, 0.3) is 11.0 Å².